The molecule has 4 aliphatic rings. The monoisotopic (exact) mass is 234 g/mol. The highest BCUT2D eigenvalue weighted by Crippen LogP contribution is 2.65. The molecule has 1 aliphatic heterocycles. The maximum Gasteiger partial charge on any atom is 0.0136 e. The predicted molar refractivity (Wildman–Crippen MR) is 69.8 cm³/mol. The van der Waals surface area contributed by atoms with Crippen LogP contribution in [0, 0.1) is 29.1 Å². The number of nitrogens with one attached hydrogen (secondary N) is 2. The summed E-state index contributed by atoms with van der Waals surface area (Å²) in [5.41, 5.74) is 0.571. The second kappa shape index (κ2) is 3.71. The number of piperidine rings is 1. The lowest BCUT2D eigenvalue weighted by Gasteiger charge is -2.34. The molecule has 4 fully saturated rings. The fourth-order valence-electron chi connectivity index (χ4n) is 5.17. The molecule has 3 saturated carbocycles. The fourth-order valence-corrected chi connectivity index (χ4v) is 5.17. The van der Waals surface area contributed by atoms with Crippen molar-refractivity contribution in [3.63, 3.8) is 0 Å². The lowest BCUT2D eigenvalue weighted by Crippen LogP contribution is -2.42. The van der Waals surface area contributed by atoms with Crippen LogP contribution in [-0.2, 0) is 0 Å². The van der Waals surface area contributed by atoms with E-state index in [2.05, 4.69) is 17.6 Å². The molecule has 2 bridgehead atoms. The minimum atomic E-state index is 0.571. The maximum atomic E-state index is 3.94. The molecule has 2 N–H and O–H groups in total. The number of hydrogen-bond acceptors (Lipinski definition) is 2. The molecule has 0 aromatic heterocycles. The van der Waals surface area contributed by atoms with Gasteiger partial charge in [0.1, 0.15) is 0 Å². The first-order chi connectivity index (χ1) is 8.27. The summed E-state index contributed by atoms with van der Waals surface area (Å²) in [4.78, 5) is 0. The molecule has 4 atom stereocenters. The summed E-state index contributed by atoms with van der Waals surface area (Å²) in [6.45, 7) is 6.20. The topological polar surface area (TPSA) is 24.1 Å². The van der Waals surface area contributed by atoms with Gasteiger partial charge in [-0.2, -0.15) is 0 Å². The number of fused-ring (bicyclic) bond motifs is 5. The second-order valence-corrected chi connectivity index (χ2v) is 7.46. The van der Waals surface area contributed by atoms with E-state index in [-0.39, 0.29) is 0 Å². The van der Waals surface area contributed by atoms with Gasteiger partial charge in [0.15, 0.2) is 0 Å². The predicted octanol–water partition coefficient (Wildman–Crippen LogP) is 2.01. The quantitative estimate of drug-likeness (QED) is 0.780. The minimum Gasteiger partial charge on any atom is -0.317 e. The van der Waals surface area contributed by atoms with Gasteiger partial charge in [0.25, 0.3) is 0 Å². The van der Waals surface area contributed by atoms with Crippen LogP contribution in [0.5, 0.6) is 0 Å². The molecule has 2 heteroatoms. The highest BCUT2D eigenvalue weighted by molar-refractivity contribution is 5.17. The Kier molecular flexibility index (Phi) is 2.36. The Morgan fingerprint density at radius 2 is 1.76 bits per heavy atom. The smallest absolute Gasteiger partial charge is 0.0136 e. The molecule has 1 heterocycles. The number of rotatable bonds is 3. The van der Waals surface area contributed by atoms with Gasteiger partial charge in [-0.3, -0.25) is 0 Å². The highest BCUT2D eigenvalue weighted by atomic mass is 15.0. The molecule has 0 aromatic carbocycles. The van der Waals surface area contributed by atoms with E-state index in [1.165, 1.54) is 32.5 Å². The Balaban J connectivity index is 1.32. The Morgan fingerprint density at radius 1 is 1.12 bits per heavy atom. The van der Waals surface area contributed by atoms with Crippen molar-refractivity contribution >= 4 is 0 Å². The Labute approximate surface area is 105 Å². The molecular formula is C15H26N2. The van der Waals surface area contributed by atoms with Crippen LogP contribution in [0.1, 0.15) is 39.0 Å². The normalized spacial score (nSPS) is 50.3. The van der Waals surface area contributed by atoms with E-state index < -0.39 is 0 Å². The van der Waals surface area contributed by atoms with E-state index in [1.54, 1.807) is 19.3 Å². The third-order valence-corrected chi connectivity index (χ3v) is 6.31. The van der Waals surface area contributed by atoms with Crippen molar-refractivity contribution in [3.8, 4) is 0 Å². The van der Waals surface area contributed by atoms with Gasteiger partial charge >= 0.3 is 0 Å². The third-order valence-electron chi connectivity index (χ3n) is 6.31. The van der Waals surface area contributed by atoms with Gasteiger partial charge in [0.2, 0.25) is 0 Å². The SMILES string of the molecule is CC1(CNC2C3C4CCC(C4)C23)CCNCC1. The molecule has 0 aromatic rings. The summed E-state index contributed by atoms with van der Waals surface area (Å²) < 4.78 is 0. The summed E-state index contributed by atoms with van der Waals surface area (Å²) in [5.74, 6) is 4.42. The maximum absolute atomic E-state index is 3.94. The Morgan fingerprint density at radius 3 is 2.41 bits per heavy atom. The fraction of sp³-hybridized carbons (Fsp3) is 1.00. The van der Waals surface area contributed by atoms with Gasteiger partial charge in [-0.15, -0.1) is 0 Å². The van der Waals surface area contributed by atoms with Crippen LogP contribution in [0.2, 0.25) is 0 Å². The van der Waals surface area contributed by atoms with Crippen molar-refractivity contribution in [2.45, 2.75) is 45.1 Å². The van der Waals surface area contributed by atoms with Crippen molar-refractivity contribution in [1.29, 1.82) is 0 Å². The molecule has 96 valence electrons. The summed E-state index contributed by atoms with van der Waals surface area (Å²) in [6.07, 6.45) is 7.38. The molecule has 0 radical (unpaired) electrons. The molecule has 1 saturated heterocycles. The van der Waals surface area contributed by atoms with Gasteiger partial charge in [-0.1, -0.05) is 6.92 Å². The van der Waals surface area contributed by atoms with Crippen molar-refractivity contribution in [2.75, 3.05) is 19.6 Å². The minimum absolute atomic E-state index is 0.571. The largest absolute Gasteiger partial charge is 0.317 e. The van der Waals surface area contributed by atoms with Crippen LogP contribution in [0.3, 0.4) is 0 Å². The van der Waals surface area contributed by atoms with E-state index in [4.69, 9.17) is 0 Å². The van der Waals surface area contributed by atoms with E-state index in [1.807, 2.05) is 0 Å². The average Bonchev–Trinajstić information content (AvgIpc) is 2.73. The highest BCUT2D eigenvalue weighted by Gasteiger charge is 2.64. The Bertz CT molecular complexity index is 292. The molecule has 4 unspecified atom stereocenters. The summed E-state index contributed by atoms with van der Waals surface area (Å²) in [7, 11) is 0. The van der Waals surface area contributed by atoms with Crippen LogP contribution in [-0.4, -0.2) is 25.7 Å². The van der Waals surface area contributed by atoms with Crippen LogP contribution in [0.15, 0.2) is 0 Å². The van der Waals surface area contributed by atoms with E-state index in [0.717, 1.165) is 29.7 Å². The lowest BCUT2D eigenvalue weighted by molar-refractivity contribution is 0.215. The van der Waals surface area contributed by atoms with Crippen molar-refractivity contribution in [3.05, 3.63) is 0 Å². The molecule has 17 heavy (non-hydrogen) atoms. The Hall–Kier alpha value is -0.0800. The standard InChI is InChI=1S/C15H26N2/c1-15(4-6-16-7-5-15)9-17-14-12-10-2-3-11(8-10)13(12)14/h10-14,16-17H,2-9H2,1H3. The van der Waals surface area contributed by atoms with Crippen LogP contribution in [0.25, 0.3) is 0 Å². The van der Waals surface area contributed by atoms with Crippen LogP contribution in [0.4, 0.5) is 0 Å². The first kappa shape index (κ1) is 10.8. The van der Waals surface area contributed by atoms with Crippen LogP contribution < -0.4 is 10.6 Å². The molecule has 3 aliphatic carbocycles. The number of hydrogen-bond donors (Lipinski definition) is 2. The first-order valence-corrected chi connectivity index (χ1v) is 7.71. The van der Waals surface area contributed by atoms with E-state index >= 15 is 0 Å². The van der Waals surface area contributed by atoms with Gasteiger partial charge in [-0.25, -0.2) is 0 Å². The molecule has 4 rings (SSSR count). The summed E-state index contributed by atoms with van der Waals surface area (Å²) in [5, 5.41) is 7.42. The van der Waals surface area contributed by atoms with Crippen molar-refractivity contribution in [2.24, 2.45) is 29.1 Å². The summed E-state index contributed by atoms with van der Waals surface area (Å²) in [6, 6.07) is 0.924. The summed E-state index contributed by atoms with van der Waals surface area (Å²) >= 11 is 0. The zero-order chi connectivity index (χ0) is 11.5. The second-order valence-electron chi connectivity index (χ2n) is 7.46. The van der Waals surface area contributed by atoms with Crippen molar-refractivity contribution in [1.82, 2.24) is 10.6 Å². The van der Waals surface area contributed by atoms with Gasteiger partial charge in [0.05, 0.1) is 0 Å². The van der Waals surface area contributed by atoms with Gasteiger partial charge in [0, 0.05) is 12.6 Å². The third kappa shape index (κ3) is 1.67. The van der Waals surface area contributed by atoms with Gasteiger partial charge < -0.3 is 10.6 Å². The zero-order valence-electron chi connectivity index (χ0n) is 11.0. The average molecular weight is 234 g/mol. The van der Waals surface area contributed by atoms with E-state index in [0.29, 0.717) is 5.41 Å². The lowest BCUT2D eigenvalue weighted by atomic mass is 9.81. The molecular weight excluding hydrogens is 208 g/mol. The van der Waals surface area contributed by atoms with Crippen LogP contribution >= 0.6 is 0 Å². The molecule has 0 spiro atoms. The zero-order valence-corrected chi connectivity index (χ0v) is 11.0. The van der Waals surface area contributed by atoms with E-state index in [9.17, 15) is 0 Å². The molecule has 2 nitrogen and oxygen atoms in total. The van der Waals surface area contributed by atoms with Gasteiger partial charge in [-0.05, 0) is 74.3 Å². The van der Waals surface area contributed by atoms with Crippen molar-refractivity contribution < 1.29 is 0 Å². The molecule has 0 amide bonds. The first-order valence-electron chi connectivity index (χ1n) is 7.71.